The minimum Gasteiger partial charge on any atom is -0.481 e. The first-order chi connectivity index (χ1) is 6.59. The van der Waals surface area contributed by atoms with E-state index in [4.69, 9.17) is 9.52 Å². The topological polar surface area (TPSA) is 50.4 Å². The number of carboxylic acid groups (broad SMARTS) is 1. The Kier molecular flexibility index (Phi) is 2.10. The summed E-state index contributed by atoms with van der Waals surface area (Å²) < 4.78 is 5.58. The summed E-state index contributed by atoms with van der Waals surface area (Å²) in [5.74, 6) is 0.725. The van der Waals surface area contributed by atoms with Gasteiger partial charge in [0.05, 0.1) is 0 Å². The molecule has 0 saturated heterocycles. The zero-order valence-electron chi connectivity index (χ0n) is 8.41. The minimum absolute atomic E-state index is 0.329. The highest BCUT2D eigenvalue weighted by Crippen LogP contribution is 2.37. The fraction of sp³-hybridized carbons (Fsp3) is 0.545. The SMILES string of the molecule is CC(C)c1cc2c(o1)C(C(=O)O)CC2. The molecule has 0 spiro atoms. The van der Waals surface area contributed by atoms with Gasteiger partial charge in [0.25, 0.3) is 0 Å². The molecule has 0 aromatic carbocycles. The molecule has 76 valence electrons. The van der Waals surface area contributed by atoms with Gasteiger partial charge in [0.15, 0.2) is 0 Å². The average molecular weight is 194 g/mol. The van der Waals surface area contributed by atoms with Gasteiger partial charge in [-0.2, -0.15) is 0 Å². The molecule has 0 amide bonds. The van der Waals surface area contributed by atoms with Crippen molar-refractivity contribution in [1.82, 2.24) is 0 Å². The molecule has 0 saturated carbocycles. The molecule has 3 nitrogen and oxygen atoms in total. The molecule has 14 heavy (non-hydrogen) atoms. The molecule has 1 aliphatic carbocycles. The van der Waals surface area contributed by atoms with Crippen molar-refractivity contribution in [2.45, 2.75) is 38.5 Å². The van der Waals surface area contributed by atoms with Crippen LogP contribution in [0.15, 0.2) is 10.5 Å². The van der Waals surface area contributed by atoms with Crippen LogP contribution >= 0.6 is 0 Å². The maximum absolute atomic E-state index is 10.9. The number of hydrogen-bond acceptors (Lipinski definition) is 2. The number of aliphatic carboxylic acids is 1. The van der Waals surface area contributed by atoms with Crippen molar-refractivity contribution >= 4 is 5.97 Å². The Morgan fingerprint density at radius 3 is 2.93 bits per heavy atom. The van der Waals surface area contributed by atoms with E-state index in [0.717, 1.165) is 17.7 Å². The monoisotopic (exact) mass is 194 g/mol. The van der Waals surface area contributed by atoms with E-state index < -0.39 is 11.9 Å². The van der Waals surface area contributed by atoms with Crippen LogP contribution in [-0.4, -0.2) is 11.1 Å². The van der Waals surface area contributed by atoms with Crippen LogP contribution < -0.4 is 0 Å². The molecule has 1 atom stereocenters. The summed E-state index contributed by atoms with van der Waals surface area (Å²) in [6, 6.07) is 2.00. The minimum atomic E-state index is -0.770. The molecule has 2 rings (SSSR count). The van der Waals surface area contributed by atoms with Crippen LogP contribution in [0.4, 0.5) is 0 Å². The van der Waals surface area contributed by atoms with E-state index in [1.54, 1.807) is 0 Å². The van der Waals surface area contributed by atoms with Gasteiger partial charge in [0.1, 0.15) is 17.4 Å². The van der Waals surface area contributed by atoms with Gasteiger partial charge in [-0.1, -0.05) is 13.8 Å². The van der Waals surface area contributed by atoms with Crippen molar-refractivity contribution in [2.75, 3.05) is 0 Å². The number of aryl methyl sites for hydroxylation is 1. The van der Waals surface area contributed by atoms with Gasteiger partial charge in [-0.25, -0.2) is 0 Å². The maximum Gasteiger partial charge on any atom is 0.314 e. The molecule has 1 aromatic heterocycles. The molecular weight excluding hydrogens is 180 g/mol. The second-order valence-corrected chi connectivity index (χ2v) is 4.12. The molecule has 1 aliphatic rings. The number of furan rings is 1. The third-order valence-electron chi connectivity index (χ3n) is 2.75. The lowest BCUT2D eigenvalue weighted by Gasteiger charge is -2.03. The largest absolute Gasteiger partial charge is 0.481 e. The van der Waals surface area contributed by atoms with E-state index in [2.05, 4.69) is 0 Å². The number of carboxylic acids is 1. The van der Waals surface area contributed by atoms with Gasteiger partial charge in [-0.05, 0) is 24.5 Å². The van der Waals surface area contributed by atoms with Crippen molar-refractivity contribution < 1.29 is 14.3 Å². The third kappa shape index (κ3) is 1.33. The summed E-state index contributed by atoms with van der Waals surface area (Å²) in [7, 11) is 0. The van der Waals surface area contributed by atoms with E-state index in [0.29, 0.717) is 18.1 Å². The highest BCUT2D eigenvalue weighted by atomic mass is 16.4. The maximum atomic E-state index is 10.9. The van der Waals surface area contributed by atoms with Crippen molar-refractivity contribution in [2.24, 2.45) is 0 Å². The molecule has 3 heteroatoms. The van der Waals surface area contributed by atoms with Crippen molar-refractivity contribution in [3.63, 3.8) is 0 Å². The summed E-state index contributed by atoms with van der Waals surface area (Å²) in [5, 5.41) is 8.95. The van der Waals surface area contributed by atoms with E-state index in [1.165, 1.54) is 0 Å². The second kappa shape index (κ2) is 3.15. The summed E-state index contributed by atoms with van der Waals surface area (Å²) in [6.07, 6.45) is 1.52. The summed E-state index contributed by atoms with van der Waals surface area (Å²) in [5.41, 5.74) is 1.08. The van der Waals surface area contributed by atoms with Gasteiger partial charge in [-0.3, -0.25) is 4.79 Å². The average Bonchev–Trinajstić information content (AvgIpc) is 2.58. The number of hydrogen-bond donors (Lipinski definition) is 1. The molecule has 1 unspecified atom stereocenters. The highest BCUT2D eigenvalue weighted by Gasteiger charge is 2.32. The van der Waals surface area contributed by atoms with Gasteiger partial charge in [-0.15, -0.1) is 0 Å². The van der Waals surface area contributed by atoms with Crippen LogP contribution in [0.1, 0.15) is 49.2 Å². The zero-order valence-corrected chi connectivity index (χ0v) is 8.41. The lowest BCUT2D eigenvalue weighted by molar-refractivity contribution is -0.139. The van der Waals surface area contributed by atoms with Crippen LogP contribution in [0.3, 0.4) is 0 Å². The third-order valence-corrected chi connectivity index (χ3v) is 2.75. The number of carbonyl (C=O) groups is 1. The molecular formula is C11H14O3. The first-order valence-electron chi connectivity index (χ1n) is 4.95. The van der Waals surface area contributed by atoms with Gasteiger partial charge >= 0.3 is 5.97 Å². The van der Waals surface area contributed by atoms with Gasteiger partial charge < -0.3 is 9.52 Å². The molecule has 0 bridgehead atoms. The summed E-state index contributed by atoms with van der Waals surface area (Å²) in [6.45, 7) is 4.09. The van der Waals surface area contributed by atoms with Crippen LogP contribution in [0, 0.1) is 0 Å². The summed E-state index contributed by atoms with van der Waals surface area (Å²) >= 11 is 0. The Morgan fingerprint density at radius 2 is 2.36 bits per heavy atom. The van der Waals surface area contributed by atoms with Crippen LogP contribution in [0.5, 0.6) is 0 Å². The van der Waals surface area contributed by atoms with Gasteiger partial charge in [0.2, 0.25) is 0 Å². The Bertz CT molecular complexity index is 363. The van der Waals surface area contributed by atoms with Crippen molar-refractivity contribution in [3.05, 3.63) is 23.2 Å². The lowest BCUT2D eigenvalue weighted by atomic mass is 10.1. The van der Waals surface area contributed by atoms with Crippen LogP contribution in [0.25, 0.3) is 0 Å². The number of fused-ring (bicyclic) bond motifs is 1. The highest BCUT2D eigenvalue weighted by molar-refractivity contribution is 5.76. The Morgan fingerprint density at radius 1 is 1.64 bits per heavy atom. The molecule has 0 aliphatic heterocycles. The Labute approximate surface area is 82.7 Å². The molecule has 1 N–H and O–H groups in total. The van der Waals surface area contributed by atoms with Gasteiger partial charge in [0, 0.05) is 5.92 Å². The van der Waals surface area contributed by atoms with E-state index >= 15 is 0 Å². The van der Waals surface area contributed by atoms with E-state index in [9.17, 15) is 4.79 Å². The standard InChI is InChI=1S/C11H14O3/c1-6(2)9-5-7-3-4-8(11(12)13)10(7)14-9/h5-6,8H,3-4H2,1-2H3,(H,12,13). The quantitative estimate of drug-likeness (QED) is 0.787. The predicted molar refractivity (Wildman–Crippen MR) is 51.5 cm³/mol. The van der Waals surface area contributed by atoms with Crippen LogP contribution in [-0.2, 0) is 11.2 Å². The summed E-state index contributed by atoms with van der Waals surface area (Å²) in [4.78, 5) is 10.9. The predicted octanol–water partition coefficient (Wildman–Crippen LogP) is 2.52. The molecule has 0 radical (unpaired) electrons. The van der Waals surface area contributed by atoms with Crippen molar-refractivity contribution in [1.29, 1.82) is 0 Å². The smallest absolute Gasteiger partial charge is 0.314 e. The fourth-order valence-corrected chi connectivity index (χ4v) is 1.91. The normalized spacial score (nSPS) is 20.1. The van der Waals surface area contributed by atoms with E-state index in [1.807, 2.05) is 19.9 Å². The Balaban J connectivity index is 2.35. The Hall–Kier alpha value is -1.25. The fourth-order valence-electron chi connectivity index (χ4n) is 1.91. The first kappa shape index (κ1) is 9.31. The zero-order chi connectivity index (χ0) is 10.3. The van der Waals surface area contributed by atoms with E-state index in [-0.39, 0.29) is 0 Å². The molecule has 0 fully saturated rings. The second-order valence-electron chi connectivity index (χ2n) is 4.12. The lowest BCUT2D eigenvalue weighted by Crippen LogP contribution is -2.07. The first-order valence-corrected chi connectivity index (χ1v) is 4.95. The van der Waals surface area contributed by atoms with Crippen molar-refractivity contribution in [3.8, 4) is 0 Å². The molecule has 1 aromatic rings. The number of rotatable bonds is 2. The molecule has 1 heterocycles. The van der Waals surface area contributed by atoms with Crippen LogP contribution in [0.2, 0.25) is 0 Å².